The summed E-state index contributed by atoms with van der Waals surface area (Å²) in [5.74, 6) is -0.152. The van der Waals surface area contributed by atoms with Gasteiger partial charge in [0.15, 0.2) is 0 Å². The minimum atomic E-state index is -2.92. The number of rotatable bonds is 6. The van der Waals surface area contributed by atoms with Crippen LogP contribution in [0, 0.1) is 6.92 Å². The molecule has 4 rings (SSSR count). The molecule has 160 valence electrons. The number of hydrogen-bond donors (Lipinski definition) is 1. The van der Waals surface area contributed by atoms with Gasteiger partial charge in [0.05, 0.1) is 5.56 Å². The number of carbonyl (C=O) groups is 1. The van der Waals surface area contributed by atoms with Gasteiger partial charge in [-0.2, -0.15) is 8.78 Å². The highest BCUT2D eigenvalue weighted by Gasteiger charge is 2.25. The highest BCUT2D eigenvalue weighted by atomic mass is 32.1. The molecule has 0 saturated heterocycles. The SMILES string of the molecule is Cc1ccc(NC(=O)c2c(N=Cc3ccccc3OC(F)F)sc3c2CCCC3)cc1. The van der Waals surface area contributed by atoms with E-state index < -0.39 is 6.61 Å². The molecule has 0 saturated carbocycles. The van der Waals surface area contributed by atoms with E-state index in [1.165, 1.54) is 28.5 Å². The Balaban J connectivity index is 1.67. The van der Waals surface area contributed by atoms with Crippen LogP contribution in [-0.4, -0.2) is 18.7 Å². The van der Waals surface area contributed by atoms with Gasteiger partial charge < -0.3 is 10.1 Å². The maximum Gasteiger partial charge on any atom is 0.387 e. The zero-order chi connectivity index (χ0) is 21.8. The lowest BCUT2D eigenvalue weighted by molar-refractivity contribution is -0.0499. The summed E-state index contributed by atoms with van der Waals surface area (Å²) in [4.78, 5) is 18.9. The molecule has 3 aromatic rings. The Morgan fingerprint density at radius 3 is 2.65 bits per heavy atom. The maximum absolute atomic E-state index is 13.2. The summed E-state index contributed by atoms with van der Waals surface area (Å²) in [6.07, 6.45) is 5.36. The topological polar surface area (TPSA) is 50.7 Å². The summed E-state index contributed by atoms with van der Waals surface area (Å²) in [5.41, 5.74) is 3.88. The minimum Gasteiger partial charge on any atom is -0.434 e. The largest absolute Gasteiger partial charge is 0.434 e. The van der Waals surface area contributed by atoms with Crippen molar-refractivity contribution in [2.24, 2.45) is 4.99 Å². The minimum absolute atomic E-state index is 0.0493. The van der Waals surface area contributed by atoms with E-state index in [4.69, 9.17) is 0 Å². The van der Waals surface area contributed by atoms with Crippen LogP contribution in [0.5, 0.6) is 5.75 Å². The van der Waals surface area contributed by atoms with Gasteiger partial charge >= 0.3 is 6.61 Å². The molecular formula is C24H22F2N2O2S. The third kappa shape index (κ3) is 4.99. The standard InChI is InChI=1S/C24H22F2N2O2S/c1-15-10-12-17(13-11-15)28-22(29)21-18-7-3-5-9-20(18)31-23(21)27-14-16-6-2-4-8-19(16)30-24(25)26/h2,4,6,8,10-14,24H,3,5,7,9H2,1H3,(H,28,29). The molecule has 1 aliphatic rings. The van der Waals surface area contributed by atoms with Crippen LogP contribution in [0.2, 0.25) is 0 Å². The molecule has 0 radical (unpaired) electrons. The first-order chi connectivity index (χ1) is 15.0. The first kappa shape index (κ1) is 21.2. The summed E-state index contributed by atoms with van der Waals surface area (Å²) in [6, 6.07) is 14.1. The van der Waals surface area contributed by atoms with Crippen LogP contribution in [-0.2, 0) is 12.8 Å². The van der Waals surface area contributed by atoms with Gasteiger partial charge in [-0.15, -0.1) is 11.3 Å². The predicted octanol–water partition coefficient (Wildman–Crippen LogP) is 6.54. The maximum atomic E-state index is 13.2. The Kier molecular flexibility index (Phi) is 6.42. The van der Waals surface area contributed by atoms with E-state index in [1.807, 2.05) is 31.2 Å². The Morgan fingerprint density at radius 1 is 1.13 bits per heavy atom. The summed E-state index contributed by atoms with van der Waals surface area (Å²) >= 11 is 1.49. The van der Waals surface area contributed by atoms with E-state index >= 15 is 0 Å². The molecule has 1 aromatic heterocycles. The second-order valence-corrected chi connectivity index (χ2v) is 8.47. The van der Waals surface area contributed by atoms with Gasteiger partial charge in [-0.25, -0.2) is 4.99 Å². The Hall–Kier alpha value is -3.06. The van der Waals surface area contributed by atoms with Crippen molar-refractivity contribution < 1.29 is 18.3 Å². The van der Waals surface area contributed by atoms with E-state index in [0.717, 1.165) is 42.5 Å². The third-order valence-corrected chi connectivity index (χ3v) is 6.34. The zero-order valence-electron chi connectivity index (χ0n) is 17.0. The van der Waals surface area contributed by atoms with E-state index in [9.17, 15) is 13.6 Å². The fourth-order valence-electron chi connectivity index (χ4n) is 3.63. The van der Waals surface area contributed by atoms with Crippen LogP contribution in [0.4, 0.5) is 19.5 Å². The van der Waals surface area contributed by atoms with Crippen molar-refractivity contribution in [1.29, 1.82) is 0 Å². The highest BCUT2D eigenvalue weighted by Crippen LogP contribution is 2.40. The van der Waals surface area contributed by atoms with Crippen LogP contribution < -0.4 is 10.1 Å². The molecule has 0 aliphatic heterocycles. The van der Waals surface area contributed by atoms with Crippen molar-refractivity contribution in [3.63, 3.8) is 0 Å². The Morgan fingerprint density at radius 2 is 1.87 bits per heavy atom. The normalized spacial score (nSPS) is 13.4. The van der Waals surface area contributed by atoms with Crippen LogP contribution in [0.3, 0.4) is 0 Å². The zero-order valence-corrected chi connectivity index (χ0v) is 17.8. The second kappa shape index (κ2) is 9.39. The summed E-state index contributed by atoms with van der Waals surface area (Å²) in [7, 11) is 0. The average molecular weight is 441 g/mol. The smallest absolute Gasteiger partial charge is 0.387 e. The van der Waals surface area contributed by atoms with Crippen molar-refractivity contribution in [2.75, 3.05) is 5.32 Å². The number of ether oxygens (including phenoxy) is 1. The number of hydrogen-bond acceptors (Lipinski definition) is 4. The van der Waals surface area contributed by atoms with Gasteiger partial charge in [-0.1, -0.05) is 29.8 Å². The van der Waals surface area contributed by atoms with E-state index in [0.29, 0.717) is 16.1 Å². The molecule has 2 aromatic carbocycles. The molecule has 0 spiro atoms. The van der Waals surface area contributed by atoms with E-state index in [2.05, 4.69) is 15.0 Å². The summed E-state index contributed by atoms with van der Waals surface area (Å²) in [6.45, 7) is -0.928. The molecule has 4 nitrogen and oxygen atoms in total. The Labute approximate surface area is 183 Å². The molecule has 31 heavy (non-hydrogen) atoms. The summed E-state index contributed by atoms with van der Waals surface area (Å²) in [5, 5.41) is 3.55. The number of alkyl halides is 2. The first-order valence-corrected chi connectivity index (χ1v) is 10.9. The number of anilines is 1. The van der Waals surface area contributed by atoms with Crippen molar-refractivity contribution in [2.45, 2.75) is 39.2 Å². The number of thiophene rings is 1. The fourth-order valence-corrected chi connectivity index (χ4v) is 4.86. The number of aliphatic imine (C=N–C) groups is 1. The second-order valence-electron chi connectivity index (χ2n) is 7.39. The lowest BCUT2D eigenvalue weighted by atomic mass is 9.95. The van der Waals surface area contributed by atoms with Crippen LogP contribution in [0.1, 0.15) is 44.8 Å². The van der Waals surface area contributed by atoms with Gasteiger partial charge in [0.25, 0.3) is 5.91 Å². The summed E-state index contributed by atoms with van der Waals surface area (Å²) < 4.78 is 30.0. The number of carbonyl (C=O) groups excluding carboxylic acids is 1. The van der Waals surface area contributed by atoms with Gasteiger partial charge in [0.2, 0.25) is 0 Å². The number of nitrogens with one attached hydrogen (secondary N) is 1. The van der Waals surface area contributed by atoms with E-state index in [-0.39, 0.29) is 11.7 Å². The molecule has 0 atom stereocenters. The van der Waals surface area contributed by atoms with E-state index in [1.54, 1.807) is 18.2 Å². The number of fused-ring (bicyclic) bond motifs is 1. The van der Waals surface area contributed by atoms with Crippen LogP contribution in [0.15, 0.2) is 53.5 Å². The molecular weight excluding hydrogens is 418 g/mol. The van der Waals surface area contributed by atoms with Crippen molar-refractivity contribution in [1.82, 2.24) is 0 Å². The molecule has 0 unspecified atom stereocenters. The fraction of sp³-hybridized carbons (Fsp3) is 0.250. The predicted molar refractivity (Wildman–Crippen MR) is 120 cm³/mol. The van der Waals surface area contributed by atoms with Crippen molar-refractivity contribution >= 4 is 34.1 Å². The lowest BCUT2D eigenvalue weighted by Gasteiger charge is -2.13. The highest BCUT2D eigenvalue weighted by molar-refractivity contribution is 7.16. The number of aryl methyl sites for hydroxylation is 2. The van der Waals surface area contributed by atoms with Crippen molar-refractivity contribution in [3.8, 4) is 5.75 Å². The molecule has 1 heterocycles. The van der Waals surface area contributed by atoms with Gasteiger partial charge in [-0.3, -0.25) is 4.79 Å². The van der Waals surface area contributed by atoms with Crippen molar-refractivity contribution in [3.05, 3.63) is 75.7 Å². The molecule has 0 fully saturated rings. The van der Waals surface area contributed by atoms with Gasteiger partial charge in [-0.05, 0) is 62.4 Å². The monoisotopic (exact) mass is 440 g/mol. The quantitative estimate of drug-likeness (QED) is 0.443. The van der Waals surface area contributed by atoms with Crippen LogP contribution in [0.25, 0.3) is 0 Å². The molecule has 7 heteroatoms. The molecule has 1 amide bonds. The van der Waals surface area contributed by atoms with Gasteiger partial charge in [0.1, 0.15) is 10.8 Å². The molecule has 0 bridgehead atoms. The number of benzene rings is 2. The third-order valence-electron chi connectivity index (χ3n) is 5.15. The Bertz CT molecular complexity index is 1110. The lowest BCUT2D eigenvalue weighted by Crippen LogP contribution is -2.14. The average Bonchev–Trinajstić information content (AvgIpc) is 3.13. The molecule has 1 aliphatic carbocycles. The number of halogens is 2. The van der Waals surface area contributed by atoms with Crippen LogP contribution >= 0.6 is 11.3 Å². The number of para-hydroxylation sites is 1. The first-order valence-electron chi connectivity index (χ1n) is 10.1. The number of amides is 1. The molecule has 1 N–H and O–H groups in total. The number of nitrogens with zero attached hydrogens (tertiary/aromatic N) is 1. The van der Waals surface area contributed by atoms with Gasteiger partial charge in [0, 0.05) is 22.3 Å².